The molecule has 2 aromatic rings. The molecule has 0 saturated heterocycles. The molecule has 8 nitrogen and oxygen atoms in total. The number of hydrogen-bond acceptors (Lipinski definition) is 7. The van der Waals surface area contributed by atoms with E-state index in [4.69, 9.17) is 9.29 Å². The Kier molecular flexibility index (Phi) is 8.61. The number of rotatable bonds is 11. The van der Waals surface area contributed by atoms with Crippen molar-refractivity contribution in [3.05, 3.63) is 65.2 Å². The summed E-state index contributed by atoms with van der Waals surface area (Å²) in [6.45, 7) is 3.63. The van der Waals surface area contributed by atoms with Crippen LogP contribution >= 0.6 is 0 Å². The number of carbonyl (C=O) groups is 1. The van der Waals surface area contributed by atoms with Crippen LogP contribution in [-0.4, -0.2) is 43.8 Å². The molecule has 1 unspecified atom stereocenters. The fourth-order valence-corrected chi connectivity index (χ4v) is 4.15. The van der Waals surface area contributed by atoms with Crippen LogP contribution in [0.4, 0.5) is 26.3 Å². The van der Waals surface area contributed by atoms with Crippen molar-refractivity contribution in [3.63, 3.8) is 0 Å². The Morgan fingerprint density at radius 3 is 1.86 bits per heavy atom. The topological polar surface area (TPSA) is 124 Å². The lowest BCUT2D eigenvalue weighted by atomic mass is 9.98. The highest BCUT2D eigenvalue weighted by atomic mass is 32.2. The minimum atomic E-state index is -7.15. The van der Waals surface area contributed by atoms with E-state index in [0.717, 1.165) is 24.1 Å². The van der Waals surface area contributed by atoms with Gasteiger partial charge in [-0.1, -0.05) is 38.1 Å². The van der Waals surface area contributed by atoms with E-state index in [1.54, 1.807) is 24.3 Å². The van der Waals surface area contributed by atoms with Gasteiger partial charge in [-0.05, 0) is 47.7 Å². The number of benzene rings is 2. The summed E-state index contributed by atoms with van der Waals surface area (Å²) in [6, 6.07) is 9.92. The van der Waals surface area contributed by atoms with Gasteiger partial charge in [0.05, 0.1) is 5.56 Å². The van der Waals surface area contributed by atoms with Crippen molar-refractivity contribution >= 4 is 26.2 Å². The number of halogens is 6. The van der Waals surface area contributed by atoms with Gasteiger partial charge in [-0.15, -0.1) is 0 Å². The van der Waals surface area contributed by atoms with Gasteiger partial charge in [0.1, 0.15) is 12.4 Å². The zero-order chi connectivity index (χ0) is 28.4. The average Bonchev–Trinajstić information content (AvgIpc) is 2.81. The monoisotopic (exact) mass is 578 g/mol. The van der Waals surface area contributed by atoms with Crippen LogP contribution in [0.1, 0.15) is 47.7 Å². The van der Waals surface area contributed by atoms with Gasteiger partial charge < -0.3 is 8.92 Å². The van der Waals surface area contributed by atoms with Crippen LogP contribution in [0.5, 0.6) is 5.75 Å². The van der Waals surface area contributed by atoms with Crippen LogP contribution in [0.3, 0.4) is 0 Å². The van der Waals surface area contributed by atoms with Crippen molar-refractivity contribution in [2.45, 2.75) is 49.2 Å². The molecule has 1 atom stereocenters. The molecule has 0 saturated carbocycles. The summed E-state index contributed by atoms with van der Waals surface area (Å²) >= 11 is 0. The predicted octanol–water partition coefficient (Wildman–Crippen LogP) is 4.97. The molecule has 0 bridgehead atoms. The van der Waals surface area contributed by atoms with Crippen molar-refractivity contribution in [1.29, 1.82) is 0 Å². The van der Waals surface area contributed by atoms with Crippen LogP contribution in [-0.2, 0) is 31.6 Å². The largest absolute Gasteiger partial charge is 0.457 e. The Bertz CT molecular complexity index is 1330. The van der Waals surface area contributed by atoms with Gasteiger partial charge in [0.25, 0.3) is 0 Å². The zero-order valence-electron chi connectivity index (χ0n) is 19.0. The van der Waals surface area contributed by atoms with Gasteiger partial charge >= 0.3 is 42.6 Å². The molecule has 0 amide bonds. The van der Waals surface area contributed by atoms with E-state index in [2.05, 4.69) is 4.18 Å². The maximum Gasteiger partial charge on any atom is 0.450 e. The predicted molar refractivity (Wildman–Crippen MR) is 117 cm³/mol. The van der Waals surface area contributed by atoms with Gasteiger partial charge in [0.15, 0.2) is 0 Å². The van der Waals surface area contributed by atoms with Crippen molar-refractivity contribution in [1.82, 2.24) is 0 Å². The van der Waals surface area contributed by atoms with Gasteiger partial charge in [0, 0.05) is 0 Å². The molecule has 0 aliphatic carbocycles. The molecule has 0 heterocycles. The van der Waals surface area contributed by atoms with Crippen LogP contribution in [0, 0.1) is 0 Å². The maximum absolute atomic E-state index is 13.9. The highest BCUT2D eigenvalue weighted by Gasteiger charge is 2.83. The number of carbonyl (C=O) groups excluding carboxylic acids is 1. The highest BCUT2D eigenvalue weighted by Crippen LogP contribution is 2.50. The quantitative estimate of drug-likeness (QED) is 0.172. The summed E-state index contributed by atoms with van der Waals surface area (Å²) in [5.41, 5.74) is 1.40. The number of hydrogen-bond donors (Lipinski definition) is 1. The number of ether oxygens (including phenoxy) is 1. The summed E-state index contributed by atoms with van der Waals surface area (Å²) in [4.78, 5) is 12.2. The molecule has 206 valence electrons. The number of alkyl halides is 6. The first-order chi connectivity index (χ1) is 16.8. The first-order valence-electron chi connectivity index (χ1n) is 10.2. The lowest BCUT2D eigenvalue weighted by Crippen LogP contribution is -2.61. The lowest BCUT2D eigenvalue weighted by Gasteiger charge is -2.29. The summed E-state index contributed by atoms with van der Waals surface area (Å²) in [7, 11) is -14.1. The molecule has 37 heavy (non-hydrogen) atoms. The van der Waals surface area contributed by atoms with E-state index in [0.29, 0.717) is 12.1 Å². The fraction of sp³-hybridized carbons (Fsp3) is 0.381. The van der Waals surface area contributed by atoms with Crippen molar-refractivity contribution < 1.29 is 61.4 Å². The molecule has 0 fully saturated rings. The van der Waals surface area contributed by atoms with Crippen molar-refractivity contribution in [2.24, 2.45) is 0 Å². The molecule has 0 aromatic heterocycles. The summed E-state index contributed by atoms with van der Waals surface area (Å²) in [5, 5.41) is -13.7. The fourth-order valence-electron chi connectivity index (χ4n) is 2.72. The van der Waals surface area contributed by atoms with E-state index >= 15 is 0 Å². The molecular weight excluding hydrogens is 558 g/mol. The third-order valence-electron chi connectivity index (χ3n) is 5.20. The van der Waals surface area contributed by atoms with Gasteiger partial charge in [0.2, 0.25) is 0 Å². The first kappa shape index (κ1) is 30.4. The molecule has 0 aliphatic heterocycles. The Balaban J connectivity index is 2.11. The molecule has 2 rings (SSSR count). The lowest BCUT2D eigenvalue weighted by molar-refractivity contribution is -0.247. The third kappa shape index (κ3) is 6.01. The first-order valence-corrected chi connectivity index (χ1v) is 13.0. The third-order valence-corrected chi connectivity index (χ3v) is 7.40. The molecule has 0 aliphatic rings. The molecule has 0 spiro atoms. The van der Waals surface area contributed by atoms with E-state index in [-0.39, 0.29) is 23.7 Å². The molecule has 1 N–H and O–H groups in total. The standard InChI is InChI=1S/C21H20F6O8S2/c1-3-13(2)15-6-8-16(9-7-15)18(28)34-12-14-4-10-17(11-5-14)35-37(32,33)21(26,27)19(22,23)20(24,25)36(29,30)31/h4-11,13H,3,12H2,1-2H3,(H,29,30,31). The van der Waals surface area contributed by atoms with E-state index < -0.39 is 48.4 Å². The smallest absolute Gasteiger partial charge is 0.450 e. The van der Waals surface area contributed by atoms with Crippen molar-refractivity contribution in [2.75, 3.05) is 0 Å². The highest BCUT2D eigenvalue weighted by molar-refractivity contribution is 7.88. The summed E-state index contributed by atoms with van der Waals surface area (Å²) < 4.78 is 143. The van der Waals surface area contributed by atoms with Crippen LogP contribution in [0.15, 0.2) is 48.5 Å². The SMILES string of the molecule is CCC(C)c1ccc(C(=O)OCc2ccc(OS(=O)(=O)C(F)(F)C(F)(F)C(F)(F)S(=O)(=O)O)cc2)cc1. The van der Waals surface area contributed by atoms with Crippen LogP contribution in [0.2, 0.25) is 0 Å². The van der Waals surface area contributed by atoms with Crippen molar-refractivity contribution in [3.8, 4) is 5.75 Å². The van der Waals surface area contributed by atoms with E-state index in [1.165, 1.54) is 0 Å². The Hall–Kier alpha value is -2.85. The molecule has 0 radical (unpaired) electrons. The Labute approximate surface area is 208 Å². The zero-order valence-corrected chi connectivity index (χ0v) is 20.6. The minimum Gasteiger partial charge on any atom is -0.457 e. The second-order valence-electron chi connectivity index (χ2n) is 7.77. The Morgan fingerprint density at radius 2 is 1.41 bits per heavy atom. The average molecular weight is 579 g/mol. The normalized spacial score (nSPS) is 14.2. The second-order valence-corrected chi connectivity index (χ2v) is 10.8. The molecule has 2 aromatic carbocycles. The van der Waals surface area contributed by atoms with Gasteiger partial charge in [-0.3, -0.25) is 4.55 Å². The van der Waals surface area contributed by atoms with E-state index in [9.17, 15) is 48.0 Å². The second kappa shape index (κ2) is 10.5. The molecule has 16 heteroatoms. The van der Waals surface area contributed by atoms with Gasteiger partial charge in [-0.25, -0.2) is 4.79 Å². The summed E-state index contributed by atoms with van der Waals surface area (Å²) in [6.07, 6.45) is 0.891. The molecular formula is C21H20F6O8S2. The van der Waals surface area contributed by atoms with Crippen LogP contribution < -0.4 is 4.18 Å². The van der Waals surface area contributed by atoms with Gasteiger partial charge in [-0.2, -0.15) is 43.2 Å². The van der Waals surface area contributed by atoms with Crippen LogP contribution in [0.25, 0.3) is 0 Å². The summed E-state index contributed by atoms with van der Waals surface area (Å²) in [5.74, 6) is -8.60. The Morgan fingerprint density at radius 1 is 0.892 bits per heavy atom. The maximum atomic E-state index is 13.9. The van der Waals surface area contributed by atoms with E-state index in [1.807, 2.05) is 13.8 Å². The minimum absolute atomic E-state index is 0.171. The number of esters is 1.